The van der Waals surface area contributed by atoms with Crippen LogP contribution in [0.1, 0.15) is 23.7 Å². The highest BCUT2D eigenvalue weighted by molar-refractivity contribution is 7.22. The van der Waals surface area contributed by atoms with E-state index in [4.69, 9.17) is 11.1 Å². The van der Waals surface area contributed by atoms with Gasteiger partial charge in [-0.3, -0.25) is 14.2 Å². The number of nitrogens with one attached hydrogen (secondary N) is 3. The fraction of sp³-hybridized carbons (Fsp3) is 0.143. The third-order valence-corrected chi connectivity index (χ3v) is 7.62. The summed E-state index contributed by atoms with van der Waals surface area (Å²) in [5.41, 5.74) is 12.2. The molecule has 0 saturated carbocycles. The number of thiazole rings is 1. The van der Waals surface area contributed by atoms with Crippen molar-refractivity contribution in [3.63, 3.8) is 0 Å². The second-order valence-corrected chi connectivity index (χ2v) is 10.2. The predicted molar refractivity (Wildman–Crippen MR) is 149 cm³/mol. The fourth-order valence-corrected chi connectivity index (χ4v) is 5.68. The Kier molecular flexibility index (Phi) is 5.31. The Morgan fingerprint density at radius 2 is 2.05 bits per heavy atom. The van der Waals surface area contributed by atoms with Gasteiger partial charge in [-0.1, -0.05) is 41.7 Å². The molecule has 4 aromatic rings. The number of pyridine rings is 1. The molecule has 0 radical (unpaired) electrons. The van der Waals surface area contributed by atoms with Gasteiger partial charge in [0.05, 0.1) is 33.8 Å². The Balaban J connectivity index is 1.23. The van der Waals surface area contributed by atoms with Gasteiger partial charge in [0.15, 0.2) is 5.13 Å². The molecule has 0 saturated heterocycles. The first-order valence-electron chi connectivity index (χ1n) is 11.8. The minimum Gasteiger partial charge on any atom is -0.400 e. The summed E-state index contributed by atoms with van der Waals surface area (Å²) in [6.07, 6.45) is 5.76. The van der Waals surface area contributed by atoms with Crippen molar-refractivity contribution in [3.05, 3.63) is 99.3 Å². The van der Waals surface area contributed by atoms with Crippen LogP contribution >= 0.6 is 11.3 Å². The quantitative estimate of drug-likeness (QED) is 0.278. The lowest BCUT2D eigenvalue weighted by molar-refractivity contribution is -0.114. The molecule has 0 aliphatic heterocycles. The number of hydrogen-bond donors (Lipinski definition) is 4. The first kappa shape index (κ1) is 22.9. The van der Waals surface area contributed by atoms with Crippen LogP contribution in [-0.4, -0.2) is 21.2 Å². The van der Waals surface area contributed by atoms with Crippen LogP contribution in [0, 0.1) is 18.3 Å². The lowest BCUT2D eigenvalue weighted by Gasteiger charge is -2.19. The number of nitrogens with two attached hydrogens (primary N) is 1. The molecule has 1 unspecified atom stereocenters. The Hall–Kier alpha value is -4.50. The second kappa shape index (κ2) is 8.56. The van der Waals surface area contributed by atoms with Crippen LogP contribution in [0.5, 0.6) is 0 Å². The number of aromatic nitrogens is 2. The van der Waals surface area contributed by atoms with E-state index in [9.17, 15) is 9.59 Å². The molecule has 2 aromatic carbocycles. The number of fused-ring (bicyclic) bond motifs is 2. The van der Waals surface area contributed by atoms with Crippen LogP contribution in [0.4, 0.5) is 5.13 Å². The van der Waals surface area contributed by atoms with Crippen LogP contribution in [0.15, 0.2) is 76.9 Å². The highest BCUT2D eigenvalue weighted by Gasteiger charge is 2.39. The number of nitrogens with zero attached hydrogens (tertiary/aromatic N) is 2. The Morgan fingerprint density at radius 1 is 1.24 bits per heavy atom. The van der Waals surface area contributed by atoms with E-state index in [1.165, 1.54) is 18.3 Å². The molecule has 1 amide bonds. The molecular formula is C28H24N6O2S. The van der Waals surface area contributed by atoms with Crippen molar-refractivity contribution in [2.75, 3.05) is 5.32 Å². The maximum absolute atomic E-state index is 13.4. The number of amides is 1. The molecule has 2 aromatic heterocycles. The number of rotatable bonds is 7. The maximum atomic E-state index is 13.4. The average molecular weight is 509 g/mol. The van der Waals surface area contributed by atoms with E-state index >= 15 is 0 Å². The highest BCUT2D eigenvalue weighted by atomic mass is 32.1. The normalized spacial score (nSPS) is 16.1. The molecule has 0 spiro atoms. The number of carbonyl (C=O) groups is 1. The van der Waals surface area contributed by atoms with Crippen molar-refractivity contribution in [1.29, 1.82) is 5.41 Å². The van der Waals surface area contributed by atoms with E-state index in [-0.39, 0.29) is 17.4 Å². The molecule has 2 aliphatic carbocycles. The molecule has 184 valence electrons. The molecule has 37 heavy (non-hydrogen) atoms. The summed E-state index contributed by atoms with van der Waals surface area (Å²) in [6.45, 7) is 3.80. The highest BCUT2D eigenvalue weighted by Crippen LogP contribution is 2.37. The van der Waals surface area contributed by atoms with Gasteiger partial charge >= 0.3 is 0 Å². The number of anilines is 1. The molecule has 6 rings (SSSR count). The van der Waals surface area contributed by atoms with Gasteiger partial charge in [-0.2, -0.15) is 0 Å². The zero-order valence-electron chi connectivity index (χ0n) is 20.3. The number of aryl methyl sites for hydroxylation is 1. The minimum atomic E-state index is -0.300. The smallest absolute Gasteiger partial charge is 0.263 e. The Labute approximate surface area is 216 Å². The second-order valence-electron chi connectivity index (χ2n) is 9.22. The number of allylic oxidation sites excluding steroid dienone is 6. The Morgan fingerprint density at radius 3 is 2.78 bits per heavy atom. The SMILES string of the molecule is CC(=O)Nc1nc2ccc(C(=N)C3C(N)=C3NCc3cc4cccc(C)c4c(=O)n3C3=CC=C3)cc2s1. The van der Waals surface area contributed by atoms with E-state index in [0.717, 1.165) is 49.2 Å². The van der Waals surface area contributed by atoms with E-state index in [0.29, 0.717) is 23.1 Å². The lowest BCUT2D eigenvalue weighted by Crippen LogP contribution is -2.27. The first-order valence-corrected chi connectivity index (χ1v) is 12.7. The Bertz CT molecular complexity index is 1810. The van der Waals surface area contributed by atoms with E-state index in [1.54, 1.807) is 4.57 Å². The molecule has 9 heteroatoms. The number of carbonyl (C=O) groups excluding carboxylic acids is 1. The van der Waals surface area contributed by atoms with Crippen molar-refractivity contribution in [3.8, 4) is 0 Å². The first-order chi connectivity index (χ1) is 17.8. The van der Waals surface area contributed by atoms with Crippen molar-refractivity contribution < 1.29 is 4.79 Å². The summed E-state index contributed by atoms with van der Waals surface area (Å²) in [5, 5.41) is 17.0. The van der Waals surface area contributed by atoms with Crippen LogP contribution in [0.3, 0.4) is 0 Å². The maximum Gasteiger partial charge on any atom is 0.263 e. The zero-order chi connectivity index (χ0) is 25.8. The van der Waals surface area contributed by atoms with E-state index in [2.05, 4.69) is 15.6 Å². The van der Waals surface area contributed by atoms with Gasteiger partial charge in [0.2, 0.25) is 5.91 Å². The van der Waals surface area contributed by atoms with Crippen LogP contribution in [-0.2, 0) is 11.3 Å². The summed E-state index contributed by atoms with van der Waals surface area (Å²) in [4.78, 5) is 29.2. The standard InChI is InChI=1S/C28H24N6O2S/c1-14-5-3-6-16-11-19(34(18-7-4-8-18)27(36)22(14)16)13-31-26-23(25(26)30)24(29)17-9-10-20-21(12-17)37-28(33-20)32-15(2)35/h3-12,23,29,31H,13,30H2,1-2H3,(H,32,33,35). The predicted octanol–water partition coefficient (Wildman–Crippen LogP) is 4.25. The monoisotopic (exact) mass is 508 g/mol. The van der Waals surface area contributed by atoms with Crippen LogP contribution in [0.25, 0.3) is 26.7 Å². The molecule has 0 bridgehead atoms. The van der Waals surface area contributed by atoms with Crippen molar-refractivity contribution in [2.24, 2.45) is 11.7 Å². The van der Waals surface area contributed by atoms with Crippen LogP contribution in [0.2, 0.25) is 0 Å². The van der Waals surface area contributed by atoms with Gasteiger partial charge in [-0.05, 0) is 53.8 Å². The summed E-state index contributed by atoms with van der Waals surface area (Å²) < 4.78 is 2.63. The summed E-state index contributed by atoms with van der Waals surface area (Å²) in [6, 6.07) is 13.5. The molecule has 0 fully saturated rings. The minimum absolute atomic E-state index is 0.0402. The number of hydrogen-bond acceptors (Lipinski definition) is 7. The van der Waals surface area contributed by atoms with E-state index in [1.807, 2.05) is 67.6 Å². The van der Waals surface area contributed by atoms with Gasteiger partial charge in [0.1, 0.15) is 0 Å². The van der Waals surface area contributed by atoms with E-state index < -0.39 is 0 Å². The molecule has 5 N–H and O–H groups in total. The van der Waals surface area contributed by atoms with Crippen molar-refractivity contribution in [1.82, 2.24) is 14.9 Å². The van der Waals surface area contributed by atoms with Gasteiger partial charge in [0, 0.05) is 29.7 Å². The van der Waals surface area contributed by atoms with Gasteiger partial charge in [-0.15, -0.1) is 0 Å². The molecule has 2 aliphatic rings. The van der Waals surface area contributed by atoms with Crippen molar-refractivity contribution in [2.45, 2.75) is 20.4 Å². The number of benzene rings is 2. The fourth-order valence-electron chi connectivity index (χ4n) is 4.73. The molecule has 1 atom stereocenters. The summed E-state index contributed by atoms with van der Waals surface area (Å²) in [5.74, 6) is -0.472. The van der Waals surface area contributed by atoms with Crippen molar-refractivity contribution >= 4 is 54.8 Å². The van der Waals surface area contributed by atoms with Gasteiger partial charge in [-0.25, -0.2) is 4.98 Å². The van der Waals surface area contributed by atoms with Gasteiger partial charge < -0.3 is 21.8 Å². The third-order valence-electron chi connectivity index (χ3n) is 6.68. The van der Waals surface area contributed by atoms with Crippen LogP contribution < -0.4 is 21.9 Å². The largest absolute Gasteiger partial charge is 0.400 e. The topological polar surface area (TPSA) is 126 Å². The molecular weight excluding hydrogens is 484 g/mol. The summed E-state index contributed by atoms with van der Waals surface area (Å²) in [7, 11) is 0. The van der Waals surface area contributed by atoms with Gasteiger partial charge in [0.25, 0.3) is 5.56 Å². The molecule has 8 nitrogen and oxygen atoms in total. The average Bonchev–Trinajstić information content (AvgIpc) is 3.28. The third kappa shape index (κ3) is 3.93. The molecule has 2 heterocycles. The summed E-state index contributed by atoms with van der Waals surface area (Å²) >= 11 is 1.37. The lowest BCUT2D eigenvalue weighted by atomic mass is 10.0. The zero-order valence-corrected chi connectivity index (χ0v) is 21.1.